The number of piperidine rings is 2. The molecule has 3 fully saturated rings. The van der Waals surface area contributed by atoms with Gasteiger partial charge >= 0.3 is 0 Å². The van der Waals surface area contributed by atoms with Crippen LogP contribution in [0.5, 0.6) is 0 Å². The van der Waals surface area contributed by atoms with Crippen LogP contribution in [0.15, 0.2) is 53.1 Å². The van der Waals surface area contributed by atoms with Gasteiger partial charge in [0, 0.05) is 58.3 Å². The van der Waals surface area contributed by atoms with Crippen molar-refractivity contribution in [2.24, 2.45) is 11.8 Å². The molecule has 0 spiro atoms. The minimum atomic E-state index is 0.239. The summed E-state index contributed by atoms with van der Waals surface area (Å²) in [7, 11) is 0. The number of fused-ring (bicyclic) bond motifs is 2. The lowest BCUT2D eigenvalue weighted by Crippen LogP contribution is -2.55. The van der Waals surface area contributed by atoms with E-state index in [1.807, 2.05) is 17.0 Å². The highest BCUT2D eigenvalue weighted by Crippen LogP contribution is 2.31. The molecule has 3 aliphatic heterocycles. The minimum absolute atomic E-state index is 0.239. The third kappa shape index (κ3) is 7.19. The average molecular weight is 495 g/mol. The average Bonchev–Trinajstić information content (AvgIpc) is 3.42. The highest BCUT2D eigenvalue weighted by molar-refractivity contribution is 5.76. The normalized spacial score (nSPS) is 25.1. The Kier molecular flexibility index (Phi) is 9.09. The van der Waals surface area contributed by atoms with Gasteiger partial charge in [0.25, 0.3) is 0 Å². The summed E-state index contributed by atoms with van der Waals surface area (Å²) in [5.74, 6) is 2.51. The van der Waals surface area contributed by atoms with E-state index in [1.165, 1.54) is 18.5 Å². The molecule has 0 saturated carbocycles. The third-order valence-corrected chi connectivity index (χ3v) is 8.11. The van der Waals surface area contributed by atoms with E-state index in [2.05, 4.69) is 45.4 Å². The Morgan fingerprint density at radius 1 is 1.06 bits per heavy atom. The zero-order valence-corrected chi connectivity index (χ0v) is 21.5. The van der Waals surface area contributed by atoms with E-state index in [-0.39, 0.29) is 5.91 Å². The van der Waals surface area contributed by atoms with Crippen molar-refractivity contribution in [1.29, 1.82) is 0 Å². The molecule has 5 rings (SSSR count). The fourth-order valence-corrected chi connectivity index (χ4v) is 6.18. The topological polar surface area (TPSA) is 61.2 Å². The maximum Gasteiger partial charge on any atom is 0.223 e. The van der Waals surface area contributed by atoms with Gasteiger partial charge in [0.15, 0.2) is 0 Å². The molecular formula is C29H42N4O3. The van der Waals surface area contributed by atoms with Gasteiger partial charge in [0.2, 0.25) is 5.91 Å². The Morgan fingerprint density at radius 3 is 2.72 bits per heavy atom. The van der Waals surface area contributed by atoms with Crippen molar-refractivity contribution < 1.29 is 13.9 Å². The fraction of sp³-hybridized carbons (Fsp3) is 0.621. The number of morpholine rings is 1. The van der Waals surface area contributed by atoms with Gasteiger partial charge in [-0.15, -0.1) is 0 Å². The molecule has 0 aliphatic carbocycles. The number of furan rings is 1. The van der Waals surface area contributed by atoms with E-state index in [9.17, 15) is 4.79 Å². The van der Waals surface area contributed by atoms with Crippen molar-refractivity contribution in [3.05, 3.63) is 60.1 Å². The number of hydrogen-bond donors (Lipinski definition) is 1. The number of amides is 1. The van der Waals surface area contributed by atoms with Gasteiger partial charge in [-0.2, -0.15) is 0 Å². The largest absolute Gasteiger partial charge is 0.467 e. The summed E-state index contributed by atoms with van der Waals surface area (Å²) < 4.78 is 11.0. The molecule has 1 aromatic heterocycles. The van der Waals surface area contributed by atoms with Gasteiger partial charge in [-0.3, -0.25) is 14.6 Å². The lowest BCUT2D eigenvalue weighted by molar-refractivity contribution is -0.132. The number of nitrogens with zero attached hydrogens (tertiary/aromatic N) is 3. The van der Waals surface area contributed by atoms with Gasteiger partial charge < -0.3 is 19.4 Å². The van der Waals surface area contributed by atoms with Gasteiger partial charge in [-0.05, 0) is 55.3 Å². The molecular weight excluding hydrogens is 452 g/mol. The predicted octanol–water partition coefficient (Wildman–Crippen LogP) is 3.22. The molecule has 1 amide bonds. The Morgan fingerprint density at radius 2 is 1.92 bits per heavy atom. The number of benzene rings is 1. The van der Waals surface area contributed by atoms with Crippen LogP contribution in [0.1, 0.15) is 37.0 Å². The quantitative estimate of drug-likeness (QED) is 0.518. The van der Waals surface area contributed by atoms with Crippen LogP contribution in [-0.2, 0) is 22.6 Å². The molecule has 196 valence electrons. The summed E-state index contributed by atoms with van der Waals surface area (Å²) >= 11 is 0. The molecule has 4 heterocycles. The van der Waals surface area contributed by atoms with Crippen molar-refractivity contribution in [2.45, 2.75) is 44.8 Å². The lowest BCUT2D eigenvalue weighted by atomic mass is 9.79. The van der Waals surface area contributed by atoms with Crippen LogP contribution in [-0.4, -0.2) is 85.7 Å². The second-order valence-corrected chi connectivity index (χ2v) is 10.8. The number of nitrogens with one attached hydrogen (secondary N) is 1. The van der Waals surface area contributed by atoms with Crippen LogP contribution in [0.4, 0.5) is 0 Å². The molecule has 0 radical (unpaired) electrons. The Hall–Kier alpha value is -2.19. The van der Waals surface area contributed by atoms with Crippen LogP contribution >= 0.6 is 0 Å². The van der Waals surface area contributed by atoms with Crippen LogP contribution in [0.25, 0.3) is 0 Å². The number of carbonyl (C=O) groups is 1. The van der Waals surface area contributed by atoms with E-state index >= 15 is 0 Å². The molecule has 1 aromatic carbocycles. The monoisotopic (exact) mass is 494 g/mol. The maximum absolute atomic E-state index is 13.3. The summed E-state index contributed by atoms with van der Waals surface area (Å²) in [4.78, 5) is 20.3. The molecule has 2 aromatic rings. The number of likely N-dealkylation sites (tertiary alicyclic amines) is 1. The summed E-state index contributed by atoms with van der Waals surface area (Å²) in [5, 5.41) is 3.83. The van der Waals surface area contributed by atoms with E-state index in [4.69, 9.17) is 9.15 Å². The predicted molar refractivity (Wildman–Crippen MR) is 140 cm³/mol. The molecule has 36 heavy (non-hydrogen) atoms. The number of carbonyl (C=O) groups excluding carboxylic acids is 1. The molecule has 7 heteroatoms. The smallest absolute Gasteiger partial charge is 0.223 e. The van der Waals surface area contributed by atoms with Crippen LogP contribution in [0.2, 0.25) is 0 Å². The van der Waals surface area contributed by atoms with E-state index in [1.54, 1.807) is 6.26 Å². The van der Waals surface area contributed by atoms with Crippen molar-refractivity contribution in [3.8, 4) is 0 Å². The molecule has 3 saturated heterocycles. The second-order valence-electron chi connectivity index (χ2n) is 10.8. The first-order valence-corrected chi connectivity index (χ1v) is 13.8. The summed E-state index contributed by atoms with van der Waals surface area (Å²) in [5.41, 5.74) is 1.40. The van der Waals surface area contributed by atoms with Crippen LogP contribution in [0, 0.1) is 11.8 Å². The molecule has 3 atom stereocenters. The van der Waals surface area contributed by atoms with Crippen molar-refractivity contribution in [1.82, 2.24) is 20.0 Å². The van der Waals surface area contributed by atoms with Gasteiger partial charge in [0.1, 0.15) is 5.76 Å². The first-order valence-electron chi connectivity index (χ1n) is 13.8. The van der Waals surface area contributed by atoms with Crippen LogP contribution in [0.3, 0.4) is 0 Å². The first-order chi connectivity index (χ1) is 17.7. The maximum atomic E-state index is 13.3. The lowest BCUT2D eigenvalue weighted by Gasteiger charge is -2.46. The number of ether oxygens (including phenoxy) is 1. The molecule has 2 bridgehead atoms. The van der Waals surface area contributed by atoms with Crippen molar-refractivity contribution in [2.75, 3.05) is 59.0 Å². The van der Waals surface area contributed by atoms with Crippen molar-refractivity contribution >= 4 is 5.91 Å². The highest BCUT2D eigenvalue weighted by Gasteiger charge is 2.36. The summed E-state index contributed by atoms with van der Waals surface area (Å²) in [6, 6.07) is 15.2. The standard InChI is InChI=1S/C29H42N4O3/c34-29(33(23-27-8-5-15-36-27)12-11-31-13-16-35-17-14-31)10-4-9-28-26-18-25(19-30-28)21-32(22-26)20-24-6-2-1-3-7-24/h1-3,5-8,15,25-26,28,30H,4,9-14,16-23H2/t25?,26?,28-/m1/s1. The Balaban J connectivity index is 1.10. The zero-order valence-electron chi connectivity index (χ0n) is 21.5. The number of rotatable bonds is 11. The molecule has 1 N–H and O–H groups in total. The van der Waals surface area contributed by atoms with E-state index < -0.39 is 0 Å². The number of hydrogen-bond acceptors (Lipinski definition) is 6. The SMILES string of the molecule is O=C(CCC[C@H]1NCC2CC1CN(Cc1ccccc1)C2)N(CCN1CCOCC1)Cc1ccco1. The van der Waals surface area contributed by atoms with E-state index in [0.29, 0.717) is 24.9 Å². The molecule has 3 aliphatic rings. The zero-order chi connectivity index (χ0) is 24.6. The van der Waals surface area contributed by atoms with Gasteiger partial charge in [0.05, 0.1) is 26.0 Å². The highest BCUT2D eigenvalue weighted by atomic mass is 16.5. The fourth-order valence-electron chi connectivity index (χ4n) is 6.18. The Bertz CT molecular complexity index is 916. The van der Waals surface area contributed by atoms with Gasteiger partial charge in [-0.1, -0.05) is 30.3 Å². The molecule has 2 unspecified atom stereocenters. The third-order valence-electron chi connectivity index (χ3n) is 8.11. The van der Waals surface area contributed by atoms with Crippen LogP contribution < -0.4 is 5.32 Å². The minimum Gasteiger partial charge on any atom is -0.467 e. The summed E-state index contributed by atoms with van der Waals surface area (Å²) in [6.07, 6.45) is 5.61. The first kappa shape index (κ1) is 25.5. The van der Waals surface area contributed by atoms with Gasteiger partial charge in [-0.25, -0.2) is 0 Å². The van der Waals surface area contributed by atoms with E-state index in [0.717, 1.165) is 83.5 Å². The molecule has 7 nitrogen and oxygen atoms in total. The Labute approximate surface area is 215 Å². The van der Waals surface area contributed by atoms with Crippen molar-refractivity contribution in [3.63, 3.8) is 0 Å². The second kappa shape index (κ2) is 12.9. The summed E-state index contributed by atoms with van der Waals surface area (Å²) in [6.45, 7) is 10.1.